The summed E-state index contributed by atoms with van der Waals surface area (Å²) in [6.45, 7) is 11.0. The molecule has 4 nitrogen and oxygen atoms in total. The lowest BCUT2D eigenvalue weighted by atomic mass is 9.94. The van der Waals surface area contributed by atoms with E-state index < -0.39 is 0 Å². The number of hydrogen-bond donors (Lipinski definition) is 0. The third kappa shape index (κ3) is 8.40. The van der Waals surface area contributed by atoms with E-state index in [4.69, 9.17) is 14.2 Å². The molecule has 0 heterocycles. The molecule has 0 saturated carbocycles. The molecular weight excluding hydrogens is 424 g/mol. The van der Waals surface area contributed by atoms with Gasteiger partial charge in [-0.05, 0) is 70.2 Å². The lowest BCUT2D eigenvalue weighted by Crippen LogP contribution is -2.14. The molecular formula is C30H40O4. The van der Waals surface area contributed by atoms with Crippen LogP contribution >= 0.6 is 0 Å². The average molecular weight is 465 g/mol. The number of carbonyl (C=O) groups is 1. The van der Waals surface area contributed by atoms with Gasteiger partial charge in [0.15, 0.2) is 0 Å². The highest BCUT2D eigenvalue weighted by Gasteiger charge is 2.25. The minimum atomic E-state index is -0.358. The minimum absolute atomic E-state index is 0.219. The van der Waals surface area contributed by atoms with Crippen molar-refractivity contribution in [3.05, 3.63) is 82.0 Å². The van der Waals surface area contributed by atoms with Gasteiger partial charge in [-0.1, -0.05) is 67.3 Å². The molecule has 0 aromatic heterocycles. The Hall–Kier alpha value is -3.01. The third-order valence-electron chi connectivity index (χ3n) is 5.55. The summed E-state index contributed by atoms with van der Waals surface area (Å²) in [6.07, 6.45) is 8.70. The summed E-state index contributed by atoms with van der Waals surface area (Å²) in [5, 5.41) is 0. The van der Waals surface area contributed by atoms with Crippen molar-refractivity contribution in [3.63, 3.8) is 0 Å². The second-order valence-corrected chi connectivity index (χ2v) is 9.02. The third-order valence-corrected chi connectivity index (χ3v) is 5.55. The van der Waals surface area contributed by atoms with Gasteiger partial charge in [0.1, 0.15) is 30.3 Å². The number of hydrogen-bond acceptors (Lipinski definition) is 4. The Morgan fingerprint density at radius 1 is 0.971 bits per heavy atom. The van der Waals surface area contributed by atoms with E-state index in [2.05, 4.69) is 26.8 Å². The molecule has 4 heteroatoms. The predicted octanol–water partition coefficient (Wildman–Crippen LogP) is 7.64. The van der Waals surface area contributed by atoms with Gasteiger partial charge >= 0.3 is 5.97 Å². The summed E-state index contributed by atoms with van der Waals surface area (Å²) in [7, 11) is 1.67. The summed E-state index contributed by atoms with van der Waals surface area (Å²) >= 11 is 0. The van der Waals surface area contributed by atoms with Crippen LogP contribution in [0.5, 0.6) is 11.5 Å². The van der Waals surface area contributed by atoms with Crippen molar-refractivity contribution in [2.24, 2.45) is 0 Å². The normalized spacial score (nSPS) is 10.4. The van der Waals surface area contributed by atoms with E-state index in [9.17, 15) is 4.79 Å². The summed E-state index contributed by atoms with van der Waals surface area (Å²) in [5.74, 6) is 0.957. The Bertz CT molecular complexity index is 979. The van der Waals surface area contributed by atoms with Crippen molar-refractivity contribution in [3.8, 4) is 11.5 Å². The van der Waals surface area contributed by atoms with Gasteiger partial charge in [-0.3, -0.25) is 0 Å². The monoisotopic (exact) mass is 464 g/mol. The summed E-state index contributed by atoms with van der Waals surface area (Å²) in [6, 6.07) is 11.7. The maximum Gasteiger partial charge on any atom is 0.342 e. The van der Waals surface area contributed by atoms with Crippen molar-refractivity contribution in [1.82, 2.24) is 0 Å². The van der Waals surface area contributed by atoms with Crippen molar-refractivity contribution in [1.29, 1.82) is 0 Å². The molecule has 0 N–H and O–H groups in total. The number of esters is 1. The van der Waals surface area contributed by atoms with E-state index in [-0.39, 0.29) is 12.6 Å². The SMILES string of the molecule is CCCCCc1cc(OC)c(CC=C(C)C)c(OCC=C(C)C)c1C(=O)OCc1ccccc1. The van der Waals surface area contributed by atoms with Crippen LogP contribution in [0.2, 0.25) is 0 Å². The zero-order valence-corrected chi connectivity index (χ0v) is 21.7. The van der Waals surface area contributed by atoms with Gasteiger partial charge in [-0.2, -0.15) is 0 Å². The molecule has 2 rings (SSSR count). The van der Waals surface area contributed by atoms with Gasteiger partial charge in [-0.15, -0.1) is 0 Å². The Labute approximate surface area is 205 Å². The van der Waals surface area contributed by atoms with E-state index >= 15 is 0 Å². The largest absolute Gasteiger partial charge is 0.496 e. The van der Waals surface area contributed by atoms with Gasteiger partial charge in [0.2, 0.25) is 0 Å². The molecule has 34 heavy (non-hydrogen) atoms. The van der Waals surface area contributed by atoms with Gasteiger partial charge in [0.05, 0.1) is 7.11 Å². The smallest absolute Gasteiger partial charge is 0.342 e. The number of methoxy groups -OCH3 is 1. The van der Waals surface area contributed by atoms with Crippen LogP contribution in [0.4, 0.5) is 0 Å². The van der Waals surface area contributed by atoms with Crippen LogP contribution in [0.25, 0.3) is 0 Å². The zero-order chi connectivity index (χ0) is 24.9. The number of rotatable bonds is 13. The molecule has 0 unspecified atom stereocenters. The highest BCUT2D eigenvalue weighted by molar-refractivity contribution is 5.95. The van der Waals surface area contributed by atoms with Crippen molar-refractivity contribution in [2.45, 2.75) is 73.3 Å². The number of aryl methyl sites for hydroxylation is 1. The van der Waals surface area contributed by atoms with Gasteiger partial charge in [0.25, 0.3) is 0 Å². The van der Waals surface area contributed by atoms with Crippen LogP contribution in [0.3, 0.4) is 0 Å². The van der Waals surface area contributed by atoms with E-state index in [1.165, 1.54) is 5.57 Å². The Morgan fingerprint density at radius 2 is 1.68 bits per heavy atom. The van der Waals surface area contributed by atoms with Crippen LogP contribution in [0.15, 0.2) is 59.7 Å². The Kier molecular flexibility index (Phi) is 11.5. The van der Waals surface area contributed by atoms with E-state index in [0.717, 1.165) is 53.7 Å². The quantitative estimate of drug-likeness (QED) is 0.174. The fraction of sp³-hybridized carbons (Fsp3) is 0.433. The molecule has 184 valence electrons. The van der Waals surface area contributed by atoms with Crippen LogP contribution in [0.1, 0.15) is 80.9 Å². The molecule has 2 aromatic carbocycles. The molecule has 0 aliphatic carbocycles. The van der Waals surface area contributed by atoms with Crippen molar-refractivity contribution in [2.75, 3.05) is 13.7 Å². The lowest BCUT2D eigenvalue weighted by Gasteiger charge is -2.21. The van der Waals surface area contributed by atoms with Gasteiger partial charge in [-0.25, -0.2) is 4.79 Å². The van der Waals surface area contributed by atoms with Gasteiger partial charge < -0.3 is 14.2 Å². The highest BCUT2D eigenvalue weighted by Crippen LogP contribution is 2.38. The second-order valence-electron chi connectivity index (χ2n) is 9.02. The van der Waals surface area contributed by atoms with Crippen LogP contribution < -0.4 is 9.47 Å². The van der Waals surface area contributed by atoms with Crippen LogP contribution in [-0.2, 0) is 24.2 Å². The van der Waals surface area contributed by atoms with E-state index in [1.54, 1.807) is 7.11 Å². The van der Waals surface area contributed by atoms with E-state index in [0.29, 0.717) is 24.3 Å². The first-order chi connectivity index (χ1) is 16.4. The maximum absolute atomic E-state index is 13.5. The first-order valence-electron chi connectivity index (χ1n) is 12.2. The minimum Gasteiger partial charge on any atom is -0.496 e. The van der Waals surface area contributed by atoms with Crippen LogP contribution in [0, 0.1) is 0 Å². The number of unbranched alkanes of at least 4 members (excludes halogenated alkanes) is 2. The summed E-state index contributed by atoms with van der Waals surface area (Å²) in [5.41, 5.74) is 5.61. The molecule has 2 aromatic rings. The first-order valence-corrected chi connectivity index (χ1v) is 12.2. The lowest BCUT2D eigenvalue weighted by molar-refractivity contribution is 0.0467. The molecule has 0 radical (unpaired) electrons. The Balaban J connectivity index is 2.57. The van der Waals surface area contributed by atoms with Crippen molar-refractivity contribution >= 4 is 5.97 Å². The summed E-state index contributed by atoms with van der Waals surface area (Å²) in [4.78, 5) is 13.5. The number of benzene rings is 2. The topological polar surface area (TPSA) is 44.8 Å². The number of carbonyl (C=O) groups excluding carboxylic acids is 1. The standard InChI is InChI=1S/C30H40O4/c1-7-8-10-15-25-20-27(32-6)26(17-16-22(2)3)29(33-19-18-23(4)5)28(25)30(31)34-21-24-13-11-9-12-14-24/h9,11-14,16,18,20H,7-8,10,15,17,19,21H2,1-6H3. The van der Waals surface area contributed by atoms with Gasteiger partial charge in [0, 0.05) is 5.56 Å². The molecule has 0 aliphatic heterocycles. The maximum atomic E-state index is 13.5. The molecule has 0 saturated heterocycles. The first kappa shape index (κ1) is 27.2. The second kappa shape index (κ2) is 14.3. The average Bonchev–Trinajstić information content (AvgIpc) is 2.81. The fourth-order valence-corrected chi connectivity index (χ4v) is 3.64. The van der Waals surface area contributed by atoms with Crippen LogP contribution in [-0.4, -0.2) is 19.7 Å². The molecule has 0 spiro atoms. The van der Waals surface area contributed by atoms with Crippen molar-refractivity contribution < 1.29 is 19.0 Å². The molecule has 0 bridgehead atoms. The number of ether oxygens (including phenoxy) is 3. The predicted molar refractivity (Wildman–Crippen MR) is 140 cm³/mol. The number of allylic oxidation sites excluding steroid dienone is 3. The highest BCUT2D eigenvalue weighted by atomic mass is 16.5. The Morgan fingerprint density at radius 3 is 2.29 bits per heavy atom. The molecule has 0 amide bonds. The summed E-state index contributed by atoms with van der Waals surface area (Å²) < 4.78 is 17.9. The zero-order valence-electron chi connectivity index (χ0n) is 21.7. The van der Waals surface area contributed by atoms with E-state index in [1.807, 2.05) is 56.3 Å². The fourth-order valence-electron chi connectivity index (χ4n) is 3.64. The molecule has 0 atom stereocenters. The molecule has 0 fully saturated rings. The molecule has 0 aliphatic rings.